The number of hydrogen-bond acceptors (Lipinski definition) is 6. The van der Waals surface area contributed by atoms with Gasteiger partial charge in [0, 0.05) is 16.0 Å². The van der Waals surface area contributed by atoms with Gasteiger partial charge >= 0.3 is 0 Å². The zero-order valence-electron chi connectivity index (χ0n) is 14.0. The highest BCUT2D eigenvalue weighted by molar-refractivity contribution is 8.00. The predicted molar refractivity (Wildman–Crippen MR) is 109 cm³/mol. The summed E-state index contributed by atoms with van der Waals surface area (Å²) in [7, 11) is 0. The van der Waals surface area contributed by atoms with Crippen LogP contribution in [-0.2, 0) is 11.3 Å². The van der Waals surface area contributed by atoms with Crippen LogP contribution in [0.1, 0.15) is 5.76 Å². The van der Waals surface area contributed by atoms with Gasteiger partial charge in [-0.25, -0.2) is 9.97 Å². The number of rotatable bonds is 6. The highest BCUT2D eigenvalue weighted by Crippen LogP contribution is 2.38. The SMILES string of the molecule is O=C(CSc1ncnc2scc(-c3ccc(Cl)cc3)c12)NCc1ccco1. The molecule has 0 unspecified atom stereocenters. The van der Waals surface area contributed by atoms with E-state index in [9.17, 15) is 4.79 Å². The number of fused-ring (bicyclic) bond motifs is 1. The zero-order valence-corrected chi connectivity index (χ0v) is 16.4. The minimum absolute atomic E-state index is 0.0774. The van der Waals surface area contributed by atoms with Crippen LogP contribution in [0.25, 0.3) is 21.3 Å². The first-order valence-corrected chi connectivity index (χ1v) is 10.3. The first kappa shape index (κ1) is 18.0. The fourth-order valence-corrected chi connectivity index (χ4v) is 4.53. The Morgan fingerprint density at radius 1 is 1.22 bits per heavy atom. The molecule has 4 aromatic rings. The monoisotopic (exact) mass is 415 g/mol. The van der Waals surface area contributed by atoms with Crippen molar-refractivity contribution >= 4 is 50.8 Å². The number of aromatic nitrogens is 2. The van der Waals surface area contributed by atoms with E-state index in [2.05, 4.69) is 20.7 Å². The molecule has 0 radical (unpaired) electrons. The van der Waals surface area contributed by atoms with Crippen LogP contribution in [0, 0.1) is 0 Å². The highest BCUT2D eigenvalue weighted by atomic mass is 35.5. The van der Waals surface area contributed by atoms with Crippen LogP contribution in [-0.4, -0.2) is 21.6 Å². The number of hydrogen-bond donors (Lipinski definition) is 1. The molecule has 0 saturated heterocycles. The number of halogens is 1. The van der Waals surface area contributed by atoms with Gasteiger partial charge in [0.05, 0.1) is 23.9 Å². The van der Waals surface area contributed by atoms with Gasteiger partial charge in [-0.1, -0.05) is 35.5 Å². The van der Waals surface area contributed by atoms with Crippen molar-refractivity contribution in [3.05, 3.63) is 65.2 Å². The Balaban J connectivity index is 1.52. The standard InChI is InChI=1S/C19H14ClN3O2S2/c20-13-5-3-12(4-6-13)15-9-26-18-17(15)19(23-11-22-18)27-10-16(24)21-8-14-2-1-7-25-14/h1-7,9,11H,8,10H2,(H,21,24). The second-order valence-corrected chi connectivity index (χ2v) is 7.92. The maximum Gasteiger partial charge on any atom is 0.230 e. The van der Waals surface area contributed by atoms with Gasteiger partial charge in [-0.3, -0.25) is 4.79 Å². The molecule has 0 spiro atoms. The lowest BCUT2D eigenvalue weighted by Crippen LogP contribution is -2.24. The molecule has 1 amide bonds. The number of furan rings is 1. The topological polar surface area (TPSA) is 68.0 Å². The zero-order chi connectivity index (χ0) is 18.6. The van der Waals surface area contributed by atoms with Crippen LogP contribution in [0.5, 0.6) is 0 Å². The fourth-order valence-electron chi connectivity index (χ4n) is 2.58. The molecule has 0 aliphatic carbocycles. The molecule has 8 heteroatoms. The summed E-state index contributed by atoms with van der Waals surface area (Å²) in [5, 5.41) is 7.35. The van der Waals surface area contributed by atoms with Gasteiger partial charge in [-0.05, 0) is 29.8 Å². The summed E-state index contributed by atoms with van der Waals surface area (Å²) in [5.74, 6) is 0.912. The van der Waals surface area contributed by atoms with Crippen molar-refractivity contribution in [3.8, 4) is 11.1 Å². The minimum atomic E-state index is -0.0774. The maximum atomic E-state index is 12.1. The Morgan fingerprint density at radius 2 is 2.07 bits per heavy atom. The molecule has 1 aromatic carbocycles. The molecule has 3 aromatic heterocycles. The predicted octanol–water partition coefficient (Wildman–Crippen LogP) is 5.01. The van der Waals surface area contributed by atoms with Crippen molar-refractivity contribution < 1.29 is 9.21 Å². The van der Waals surface area contributed by atoms with E-state index < -0.39 is 0 Å². The van der Waals surface area contributed by atoms with E-state index in [4.69, 9.17) is 16.0 Å². The molecule has 0 aliphatic heterocycles. The van der Waals surface area contributed by atoms with E-state index >= 15 is 0 Å². The van der Waals surface area contributed by atoms with Gasteiger partial charge in [0.2, 0.25) is 5.91 Å². The number of nitrogens with one attached hydrogen (secondary N) is 1. The Kier molecular flexibility index (Phi) is 5.42. The normalized spacial score (nSPS) is 11.0. The summed E-state index contributed by atoms with van der Waals surface area (Å²) in [4.78, 5) is 21.8. The average molecular weight is 416 g/mol. The number of benzene rings is 1. The number of thiophene rings is 1. The Labute approximate surface area is 168 Å². The van der Waals surface area contributed by atoms with E-state index in [1.807, 2.05) is 30.3 Å². The smallest absolute Gasteiger partial charge is 0.230 e. The van der Waals surface area contributed by atoms with Crippen molar-refractivity contribution in [2.45, 2.75) is 11.6 Å². The summed E-state index contributed by atoms with van der Waals surface area (Å²) >= 11 is 8.95. The Morgan fingerprint density at radius 3 is 2.85 bits per heavy atom. The molecule has 27 heavy (non-hydrogen) atoms. The lowest BCUT2D eigenvalue weighted by Gasteiger charge is -2.06. The van der Waals surface area contributed by atoms with Crippen LogP contribution in [0.2, 0.25) is 5.02 Å². The first-order valence-electron chi connectivity index (χ1n) is 8.11. The van der Waals surface area contributed by atoms with E-state index in [-0.39, 0.29) is 11.7 Å². The van der Waals surface area contributed by atoms with Crippen molar-refractivity contribution in [1.82, 2.24) is 15.3 Å². The number of thioether (sulfide) groups is 1. The maximum absolute atomic E-state index is 12.1. The number of carbonyl (C=O) groups excluding carboxylic acids is 1. The summed E-state index contributed by atoms with van der Waals surface area (Å²) in [6, 6.07) is 11.3. The second-order valence-electron chi connectivity index (χ2n) is 5.66. The molecule has 3 heterocycles. The molecule has 0 fully saturated rings. The molecule has 1 N–H and O–H groups in total. The van der Waals surface area contributed by atoms with Crippen LogP contribution in [0.3, 0.4) is 0 Å². The van der Waals surface area contributed by atoms with Gasteiger partial charge in [-0.2, -0.15) is 0 Å². The Bertz CT molecular complexity index is 1060. The van der Waals surface area contributed by atoms with E-state index in [1.54, 1.807) is 23.7 Å². The molecule has 0 bridgehead atoms. The molecule has 136 valence electrons. The van der Waals surface area contributed by atoms with Gasteiger partial charge < -0.3 is 9.73 Å². The van der Waals surface area contributed by atoms with Crippen molar-refractivity contribution in [3.63, 3.8) is 0 Å². The van der Waals surface area contributed by atoms with Gasteiger partial charge in [-0.15, -0.1) is 11.3 Å². The van der Waals surface area contributed by atoms with E-state index in [0.717, 1.165) is 32.1 Å². The van der Waals surface area contributed by atoms with E-state index in [0.29, 0.717) is 11.6 Å². The third-order valence-corrected chi connectivity index (χ3v) is 6.00. The average Bonchev–Trinajstić information content (AvgIpc) is 3.35. The van der Waals surface area contributed by atoms with Crippen molar-refractivity contribution in [1.29, 1.82) is 0 Å². The molecular weight excluding hydrogens is 402 g/mol. The molecular formula is C19H14ClN3O2S2. The first-order chi connectivity index (χ1) is 13.2. The van der Waals surface area contributed by atoms with Gasteiger partial charge in [0.1, 0.15) is 21.9 Å². The number of nitrogens with zero attached hydrogens (tertiary/aromatic N) is 2. The van der Waals surface area contributed by atoms with Crippen LogP contribution in [0.15, 0.2) is 63.8 Å². The number of carbonyl (C=O) groups is 1. The van der Waals surface area contributed by atoms with Crippen molar-refractivity contribution in [2.75, 3.05) is 5.75 Å². The van der Waals surface area contributed by atoms with Crippen LogP contribution in [0.4, 0.5) is 0 Å². The molecule has 0 saturated carbocycles. The third kappa shape index (κ3) is 4.16. The molecule has 5 nitrogen and oxygen atoms in total. The lowest BCUT2D eigenvalue weighted by molar-refractivity contribution is -0.118. The summed E-state index contributed by atoms with van der Waals surface area (Å²) in [6.45, 7) is 0.375. The largest absolute Gasteiger partial charge is 0.467 e. The fraction of sp³-hybridized carbons (Fsp3) is 0.105. The Hall–Kier alpha value is -2.35. The molecule has 4 rings (SSSR count). The highest BCUT2D eigenvalue weighted by Gasteiger charge is 2.15. The lowest BCUT2D eigenvalue weighted by atomic mass is 10.1. The van der Waals surface area contributed by atoms with Crippen LogP contribution >= 0.6 is 34.7 Å². The molecule has 0 aliphatic rings. The van der Waals surface area contributed by atoms with Gasteiger partial charge in [0.25, 0.3) is 0 Å². The summed E-state index contributed by atoms with van der Waals surface area (Å²) < 4.78 is 5.22. The summed E-state index contributed by atoms with van der Waals surface area (Å²) in [6.07, 6.45) is 3.12. The number of amides is 1. The van der Waals surface area contributed by atoms with E-state index in [1.165, 1.54) is 18.1 Å². The third-order valence-electron chi connectivity index (χ3n) is 3.87. The quantitative estimate of drug-likeness (QED) is 0.354. The van der Waals surface area contributed by atoms with Crippen LogP contribution < -0.4 is 5.32 Å². The minimum Gasteiger partial charge on any atom is -0.467 e. The van der Waals surface area contributed by atoms with Gasteiger partial charge in [0.15, 0.2) is 0 Å². The van der Waals surface area contributed by atoms with Crippen molar-refractivity contribution in [2.24, 2.45) is 0 Å². The molecule has 0 atom stereocenters. The summed E-state index contributed by atoms with van der Waals surface area (Å²) in [5.41, 5.74) is 2.09. The second kappa shape index (κ2) is 8.12.